The van der Waals surface area contributed by atoms with Gasteiger partial charge in [-0.3, -0.25) is 34.1 Å². The molecule has 3 radical (unpaired) electrons. The molecule has 0 amide bonds. The number of aromatic nitrogens is 3. The minimum atomic E-state index is -0.0913. The molecule has 0 aromatic carbocycles. The van der Waals surface area contributed by atoms with Crippen molar-refractivity contribution in [3.8, 4) is 0 Å². The molecule has 12 fully saturated rings. The number of nitrogens with zero attached hydrogens (tertiary/aromatic N) is 4. The maximum absolute atomic E-state index is 12.3. The van der Waals surface area contributed by atoms with Crippen molar-refractivity contribution in [1.82, 2.24) is 30.9 Å². The van der Waals surface area contributed by atoms with Gasteiger partial charge in [-0.1, -0.05) is 121 Å². The van der Waals surface area contributed by atoms with Crippen LogP contribution in [0.3, 0.4) is 0 Å². The number of carbonyl (C=O) groups is 4. The number of carbonyl (C=O) groups excluding carboxylic acids is 4. The van der Waals surface area contributed by atoms with Gasteiger partial charge in [-0.2, -0.15) is 0 Å². The number of ketones is 1. The summed E-state index contributed by atoms with van der Waals surface area (Å²) in [4.78, 5) is 61.0. The smallest absolute Gasteiger partial charge is 0.512 e. The van der Waals surface area contributed by atoms with Crippen LogP contribution in [0.5, 0.6) is 0 Å². The van der Waals surface area contributed by atoms with Gasteiger partial charge in [0.05, 0.1) is 45.3 Å². The zero-order chi connectivity index (χ0) is 96.8. The van der Waals surface area contributed by atoms with E-state index in [4.69, 9.17) is 60.2 Å². The molecule has 21 nitrogen and oxygen atoms in total. The summed E-state index contributed by atoms with van der Waals surface area (Å²) in [6.45, 7) is 33.5. The van der Waals surface area contributed by atoms with Crippen molar-refractivity contribution in [2.75, 3.05) is 89.2 Å². The molecule has 0 spiro atoms. The third kappa shape index (κ3) is 30.7. The van der Waals surface area contributed by atoms with Crippen LogP contribution in [0, 0.1) is 151 Å². The van der Waals surface area contributed by atoms with Crippen molar-refractivity contribution in [2.45, 2.75) is 384 Å². The molecule has 12 aliphatic carbocycles. The van der Waals surface area contributed by atoms with Gasteiger partial charge in [0.1, 0.15) is 26.2 Å². The third-order valence-corrected chi connectivity index (χ3v) is 39.2. The van der Waals surface area contributed by atoms with Crippen molar-refractivity contribution in [2.24, 2.45) is 145 Å². The predicted octanol–water partition coefficient (Wildman–Crippen LogP) is 20.3. The maximum atomic E-state index is 12.3. The van der Waals surface area contributed by atoms with Crippen molar-refractivity contribution in [1.29, 1.82) is 5.26 Å². The number of Topliss-reactive ketones (excluding diaryl/α,β-unsaturated/α-hetero) is 1. The predicted molar refractivity (Wildman–Crippen MR) is 553 cm³/mol. The molecule has 0 unspecified atom stereocenters. The van der Waals surface area contributed by atoms with Crippen LogP contribution >= 0.6 is 0 Å². The van der Waals surface area contributed by atoms with Crippen LogP contribution in [-0.4, -0.2) is 167 Å². The summed E-state index contributed by atoms with van der Waals surface area (Å²) in [5.41, 5.74) is 11.0. The van der Waals surface area contributed by atoms with Gasteiger partial charge in [0.15, 0.2) is 0 Å². The quantitative estimate of drug-likeness (QED) is 0.0102. The molecule has 23 heteroatoms. The van der Waals surface area contributed by atoms with Gasteiger partial charge in [-0.05, 0) is 413 Å². The van der Waals surface area contributed by atoms with E-state index in [2.05, 4.69) is 117 Å². The van der Waals surface area contributed by atoms with Crippen molar-refractivity contribution in [3.63, 3.8) is 0 Å². The molecule has 12 aliphatic rings. The second-order valence-electron chi connectivity index (χ2n) is 46.0. The summed E-state index contributed by atoms with van der Waals surface area (Å²) in [6.07, 6.45) is 54.8. The Morgan fingerprint density at radius 1 is 0.424 bits per heavy atom. The molecule has 0 bridgehead atoms. The summed E-state index contributed by atoms with van der Waals surface area (Å²) in [5.74, 6) is 11.7. The fourth-order valence-electron chi connectivity index (χ4n) is 32.0. The van der Waals surface area contributed by atoms with Gasteiger partial charge in [0.25, 0.3) is 0 Å². The van der Waals surface area contributed by atoms with E-state index in [-0.39, 0.29) is 82.3 Å². The Kier molecular flexibility index (Phi) is 52.2. The number of unbranched alkanes of at least 4 members (excludes halogenated alkanes) is 7. The van der Waals surface area contributed by atoms with Gasteiger partial charge in [0, 0.05) is 110 Å². The molecular formula is C116H193BN8NaO13. The summed E-state index contributed by atoms with van der Waals surface area (Å²) < 4.78 is 50.8. The molecule has 0 aliphatic heterocycles. The van der Waals surface area contributed by atoms with Crippen LogP contribution in [0.15, 0.2) is 73.2 Å². The van der Waals surface area contributed by atoms with Gasteiger partial charge in [-0.15, -0.1) is 0 Å². The molecule has 29 atom stereocenters. The summed E-state index contributed by atoms with van der Waals surface area (Å²) in [6, 6.07) is 19.7. The zero-order valence-electron chi connectivity index (χ0n) is 88.3. The SMILES string of the molecule is C.C.COCO[C@@H]1C[C@H]2CC(=O)CC[C@]2(C)[C@H]2CC[C@]3(C)[C@@H]([C@H](C)CCC(=O)OC)CC[C@H]3[C@H]12.COCO[C@@H]1C[C@H]2C[C@@H](NCCCCCCc3ccccn3)CC[C@]2(C)[C@H]2CC[C@]3(C)[C@@H]([C@H](C)CCC(=O)OC)CC[C@H]3[C@H]12.COCO[C@@H]1C[C@H]2C[C@H](NCCCCCCc3ccccn3)CC[C@]2(C)[C@H]2CC[C@]3(C)[C@@H]([C@H](C)CCC(=O)OC)CC[C@H]3[C@H]12.NCCCCNCc1ccccn1.[B].[C-]#N.[Na+]. The Hall–Kier alpha value is -4.32. The van der Waals surface area contributed by atoms with Crippen molar-refractivity contribution in [3.05, 3.63) is 96.8 Å². The number of aryl methyl sites for hydroxylation is 2. The Bertz CT molecular complexity index is 3840. The number of esters is 3. The van der Waals surface area contributed by atoms with E-state index >= 15 is 0 Å². The normalized spacial score (nSPS) is 34.6. The molecule has 15 rings (SSSR count). The van der Waals surface area contributed by atoms with E-state index < -0.39 is 0 Å². The maximum Gasteiger partial charge on any atom is 1.00 e. The number of fused-ring (bicyclic) bond motifs is 15. The number of pyridine rings is 3. The first-order valence-electron chi connectivity index (χ1n) is 54.1. The molecule has 3 aromatic heterocycles. The molecular weight excluding hydrogens is 1750 g/mol. The topological polar surface area (TPSA) is 276 Å². The zero-order valence-corrected chi connectivity index (χ0v) is 90.3. The molecule has 3 aromatic rings. The van der Waals surface area contributed by atoms with Crippen molar-refractivity contribution < 1.29 is 91.4 Å². The summed E-state index contributed by atoms with van der Waals surface area (Å²) in [5, 5.41) is 17.5. The number of nitrogens with one attached hydrogen (secondary N) is 3. The fraction of sp³-hybridized carbons (Fsp3) is 0.828. The Morgan fingerprint density at radius 3 is 1.10 bits per heavy atom. The minimum absolute atomic E-state index is 0. The second-order valence-corrected chi connectivity index (χ2v) is 46.0. The largest absolute Gasteiger partial charge is 1.00 e. The number of methoxy groups -OCH3 is 6. The second kappa shape index (κ2) is 59.6. The molecule has 5 N–H and O–H groups in total. The summed E-state index contributed by atoms with van der Waals surface area (Å²) >= 11 is 0. The molecule has 3 heterocycles. The van der Waals surface area contributed by atoms with E-state index in [0.717, 1.165) is 133 Å². The van der Waals surface area contributed by atoms with Crippen LogP contribution in [-0.2, 0) is 81.2 Å². The van der Waals surface area contributed by atoms with Crippen LogP contribution in [0.2, 0.25) is 0 Å². The van der Waals surface area contributed by atoms with Crippen molar-refractivity contribution >= 4 is 32.1 Å². The number of ether oxygens (including phenoxy) is 9. The molecule has 0 saturated heterocycles. The van der Waals surface area contributed by atoms with E-state index in [9.17, 15) is 19.2 Å². The number of rotatable bonds is 43. The van der Waals surface area contributed by atoms with E-state index in [1.807, 2.05) is 48.9 Å². The van der Waals surface area contributed by atoms with E-state index in [1.165, 1.54) is 213 Å². The average Bonchev–Trinajstić information content (AvgIpc) is 1.65. The Labute approximate surface area is 868 Å². The minimum Gasteiger partial charge on any atom is -0.512 e. The Morgan fingerprint density at radius 2 is 0.755 bits per heavy atom. The Balaban J connectivity index is 0.000000262. The van der Waals surface area contributed by atoms with Gasteiger partial charge in [-0.25, -0.2) is 0 Å². The van der Waals surface area contributed by atoms with Gasteiger partial charge >= 0.3 is 47.5 Å². The third-order valence-electron chi connectivity index (χ3n) is 39.2. The van der Waals surface area contributed by atoms with Crippen LogP contribution in [0.1, 0.15) is 351 Å². The van der Waals surface area contributed by atoms with Gasteiger partial charge in [0.2, 0.25) is 0 Å². The number of hydrogen-bond acceptors (Lipinski definition) is 21. The fourth-order valence-corrected chi connectivity index (χ4v) is 32.0. The van der Waals surface area contributed by atoms with Crippen LogP contribution in [0.25, 0.3) is 0 Å². The first-order chi connectivity index (χ1) is 65.3. The average molecular weight is 1940 g/mol. The van der Waals surface area contributed by atoms with Gasteiger partial charge < -0.3 is 76.1 Å². The molecule has 139 heavy (non-hydrogen) atoms. The van der Waals surface area contributed by atoms with E-state index in [0.29, 0.717) is 180 Å². The van der Waals surface area contributed by atoms with Crippen LogP contribution in [0.4, 0.5) is 0 Å². The number of nitrogens with two attached hydrogens (primary N) is 1. The first-order valence-corrected chi connectivity index (χ1v) is 54.1. The first kappa shape index (κ1) is 122. The molecule has 779 valence electrons. The summed E-state index contributed by atoms with van der Waals surface area (Å²) in [7, 11) is 9.74. The monoisotopic (exact) mass is 1940 g/mol. The molecule has 12 saturated carbocycles. The standard InChI is InChI=1S/2C38H62N2O4.C27H44O5.C10H17N3.CN.2CH4.B.Na/c2*1-27(14-17-35(41)43-5)31-15-16-32-36-33(19-21-38(31,32)3)37(2)20-18-30(24-28(37)25-34(36)44-26-42-4)40-22-10-7-6-8-12-29-13-9-11-23-39-29;1-17(6-9-24(29)31-5)20-7-8-21-25-22(11-13-27(20,21)3)26(2)12-10-19(28)14-18(26)15-23(25)32-16-30-4;11-6-2-4-7-12-9-10-5-1-3-8-13-10;1-2;;;;/h2*9,11,13,23,27-28,30-34,36,40H,6-8,10,12,14-22,24-26H2,1-5H3;17-18,20-23,25H,6-16H2,1-5H3;1,3,5,8,12H,2,4,6-7,9,11H2;;2*1H4;;/q;;;;-1;;;;+1/t27-,28-,30+,31-,32+,33+,34-,36+,37+,38-;27-,28-,30-,31-,32+,33+,34-,36+,37+,38-;17-,18-,20-,21+,22+,23-,25+,26+,27-;;;;;;/m111....../s1. The number of hydrogen-bond donors (Lipinski definition) is 4. The van der Waals surface area contributed by atoms with E-state index in [1.54, 1.807) is 21.3 Å². The van der Waals surface area contributed by atoms with Crippen LogP contribution < -0.4 is 51.2 Å².